The SMILES string of the molecule is COc1cc(C=C2SC(=S)NC2=O)cc(I)c1OCc1ccccc1C#N. The fourth-order valence-corrected chi connectivity index (χ4v) is 4.27. The average molecular weight is 508 g/mol. The number of hydrogen-bond acceptors (Lipinski definition) is 6. The molecular formula is C19H13IN2O3S2. The highest BCUT2D eigenvalue weighted by molar-refractivity contribution is 14.1. The van der Waals surface area contributed by atoms with Gasteiger partial charge >= 0.3 is 0 Å². The van der Waals surface area contributed by atoms with Crippen LogP contribution >= 0.6 is 46.6 Å². The molecule has 0 spiro atoms. The van der Waals surface area contributed by atoms with Crippen molar-refractivity contribution < 1.29 is 14.3 Å². The summed E-state index contributed by atoms with van der Waals surface area (Å²) in [7, 11) is 1.56. The zero-order chi connectivity index (χ0) is 19.4. The van der Waals surface area contributed by atoms with Crippen molar-refractivity contribution in [3.8, 4) is 17.6 Å². The zero-order valence-corrected chi connectivity index (χ0v) is 17.9. The van der Waals surface area contributed by atoms with Crippen LogP contribution < -0.4 is 14.8 Å². The van der Waals surface area contributed by atoms with Gasteiger partial charge < -0.3 is 14.8 Å². The molecule has 1 amide bonds. The van der Waals surface area contributed by atoms with Crippen LogP contribution in [0.25, 0.3) is 6.08 Å². The number of carbonyl (C=O) groups is 1. The second-order valence-corrected chi connectivity index (χ2v) is 8.33. The Bertz CT molecular complexity index is 999. The predicted molar refractivity (Wildman–Crippen MR) is 118 cm³/mol. The molecule has 2 aromatic carbocycles. The lowest BCUT2D eigenvalue weighted by atomic mass is 10.1. The lowest BCUT2D eigenvalue weighted by molar-refractivity contribution is -0.115. The van der Waals surface area contributed by atoms with Gasteiger partial charge in [-0.1, -0.05) is 42.2 Å². The molecule has 0 aliphatic carbocycles. The van der Waals surface area contributed by atoms with E-state index in [9.17, 15) is 10.1 Å². The van der Waals surface area contributed by atoms with Crippen molar-refractivity contribution in [1.29, 1.82) is 5.26 Å². The van der Waals surface area contributed by atoms with Crippen molar-refractivity contribution in [2.24, 2.45) is 0 Å². The summed E-state index contributed by atoms with van der Waals surface area (Å²) in [5.74, 6) is 0.939. The van der Waals surface area contributed by atoms with Gasteiger partial charge in [-0.05, 0) is 52.4 Å². The molecular weight excluding hydrogens is 495 g/mol. The third kappa shape index (κ3) is 4.61. The fourth-order valence-electron chi connectivity index (χ4n) is 2.44. The monoisotopic (exact) mass is 508 g/mol. The highest BCUT2D eigenvalue weighted by atomic mass is 127. The predicted octanol–water partition coefficient (Wildman–Crippen LogP) is 4.24. The first-order chi connectivity index (χ1) is 13.0. The van der Waals surface area contributed by atoms with Gasteiger partial charge in [-0.25, -0.2) is 0 Å². The summed E-state index contributed by atoms with van der Waals surface area (Å²) in [5, 5.41) is 11.8. The number of nitrogens with zero attached hydrogens (tertiary/aromatic N) is 1. The lowest BCUT2D eigenvalue weighted by Crippen LogP contribution is -2.17. The topological polar surface area (TPSA) is 71.3 Å². The summed E-state index contributed by atoms with van der Waals surface area (Å²) >= 11 is 8.40. The first-order valence-electron chi connectivity index (χ1n) is 7.75. The van der Waals surface area contributed by atoms with Crippen LogP contribution in [0.1, 0.15) is 16.7 Å². The molecule has 0 aromatic heterocycles. The number of thiocarbonyl (C=S) groups is 1. The zero-order valence-electron chi connectivity index (χ0n) is 14.1. The summed E-state index contributed by atoms with van der Waals surface area (Å²) in [6.45, 7) is 0.253. The quantitative estimate of drug-likeness (QED) is 0.370. The molecule has 1 heterocycles. The number of rotatable bonds is 5. The number of nitrogens with one attached hydrogen (secondary N) is 1. The van der Waals surface area contributed by atoms with Crippen molar-refractivity contribution in [2.75, 3.05) is 7.11 Å². The number of hydrogen-bond donors (Lipinski definition) is 1. The highest BCUT2D eigenvalue weighted by Gasteiger charge is 2.22. The Balaban J connectivity index is 1.87. The number of nitriles is 1. The molecule has 3 rings (SSSR count). The maximum Gasteiger partial charge on any atom is 0.263 e. The van der Waals surface area contributed by atoms with Crippen LogP contribution in [0.5, 0.6) is 11.5 Å². The van der Waals surface area contributed by atoms with Crippen LogP contribution in [0.15, 0.2) is 41.3 Å². The van der Waals surface area contributed by atoms with E-state index in [0.29, 0.717) is 26.3 Å². The number of ether oxygens (including phenoxy) is 2. The Labute approximate surface area is 179 Å². The Morgan fingerprint density at radius 3 is 2.81 bits per heavy atom. The fraction of sp³-hybridized carbons (Fsp3) is 0.105. The van der Waals surface area contributed by atoms with E-state index >= 15 is 0 Å². The van der Waals surface area contributed by atoms with Gasteiger partial charge in [0.2, 0.25) is 0 Å². The first kappa shape index (κ1) is 19.7. The molecule has 0 bridgehead atoms. The molecule has 1 aliphatic rings. The minimum Gasteiger partial charge on any atom is -0.493 e. The lowest BCUT2D eigenvalue weighted by Gasteiger charge is -2.14. The summed E-state index contributed by atoms with van der Waals surface area (Å²) in [4.78, 5) is 12.4. The van der Waals surface area contributed by atoms with Crippen LogP contribution in [0.2, 0.25) is 0 Å². The van der Waals surface area contributed by atoms with E-state index in [1.54, 1.807) is 25.3 Å². The summed E-state index contributed by atoms with van der Waals surface area (Å²) in [5.41, 5.74) is 2.19. The van der Waals surface area contributed by atoms with E-state index in [-0.39, 0.29) is 12.5 Å². The minimum absolute atomic E-state index is 0.201. The van der Waals surface area contributed by atoms with Crippen molar-refractivity contribution in [3.05, 3.63) is 61.6 Å². The number of benzene rings is 2. The van der Waals surface area contributed by atoms with Gasteiger partial charge in [0.15, 0.2) is 11.5 Å². The minimum atomic E-state index is -0.201. The number of amides is 1. The Hall–Kier alpha value is -2.09. The van der Waals surface area contributed by atoms with Gasteiger partial charge in [0.1, 0.15) is 10.9 Å². The van der Waals surface area contributed by atoms with E-state index in [0.717, 1.165) is 14.7 Å². The van der Waals surface area contributed by atoms with E-state index in [4.69, 9.17) is 21.7 Å². The molecule has 1 aliphatic heterocycles. The van der Waals surface area contributed by atoms with Crippen LogP contribution in [0.3, 0.4) is 0 Å². The third-order valence-electron chi connectivity index (χ3n) is 3.70. The molecule has 0 atom stereocenters. The summed E-state index contributed by atoms with van der Waals surface area (Å²) in [6, 6.07) is 13.2. The largest absolute Gasteiger partial charge is 0.493 e. The van der Waals surface area contributed by atoms with E-state index in [1.165, 1.54) is 11.8 Å². The number of methoxy groups -OCH3 is 1. The third-order valence-corrected chi connectivity index (χ3v) is 5.67. The summed E-state index contributed by atoms with van der Waals surface area (Å²) in [6.07, 6.45) is 1.76. The molecule has 0 radical (unpaired) electrons. The van der Waals surface area contributed by atoms with Gasteiger partial charge in [0.05, 0.1) is 27.2 Å². The molecule has 136 valence electrons. The average Bonchev–Trinajstić information content (AvgIpc) is 2.97. The molecule has 1 saturated heterocycles. The molecule has 8 heteroatoms. The van der Waals surface area contributed by atoms with Gasteiger partial charge in [0.25, 0.3) is 5.91 Å². The molecule has 27 heavy (non-hydrogen) atoms. The van der Waals surface area contributed by atoms with Crippen LogP contribution in [0.4, 0.5) is 0 Å². The molecule has 2 aromatic rings. The van der Waals surface area contributed by atoms with Crippen LogP contribution in [-0.2, 0) is 11.4 Å². The normalized spacial score (nSPS) is 14.8. The molecule has 1 N–H and O–H groups in total. The van der Waals surface area contributed by atoms with Gasteiger partial charge in [-0.3, -0.25) is 4.79 Å². The van der Waals surface area contributed by atoms with Crippen molar-refractivity contribution in [1.82, 2.24) is 5.32 Å². The van der Waals surface area contributed by atoms with Crippen molar-refractivity contribution >= 4 is 62.9 Å². The van der Waals surface area contributed by atoms with Crippen LogP contribution in [0, 0.1) is 14.9 Å². The Morgan fingerprint density at radius 1 is 1.37 bits per heavy atom. The molecule has 1 fully saturated rings. The molecule has 5 nitrogen and oxygen atoms in total. The second-order valence-electron chi connectivity index (χ2n) is 5.44. The highest BCUT2D eigenvalue weighted by Crippen LogP contribution is 2.36. The van der Waals surface area contributed by atoms with Gasteiger partial charge in [0, 0.05) is 5.56 Å². The number of carbonyl (C=O) groups excluding carboxylic acids is 1. The number of halogens is 1. The maximum atomic E-state index is 11.8. The van der Waals surface area contributed by atoms with Gasteiger partial charge in [-0.2, -0.15) is 5.26 Å². The second kappa shape index (κ2) is 8.73. The molecule has 0 unspecified atom stereocenters. The van der Waals surface area contributed by atoms with Crippen LogP contribution in [-0.4, -0.2) is 17.3 Å². The number of thioether (sulfide) groups is 1. The summed E-state index contributed by atoms with van der Waals surface area (Å²) < 4.78 is 12.7. The Kier molecular flexibility index (Phi) is 6.36. The standard InChI is InChI=1S/C19H13IN2O3S2/c1-24-15-7-11(8-16-18(23)22-19(26)27-16)6-14(20)17(15)25-10-13-5-3-2-4-12(13)9-21/h2-8H,10H2,1H3,(H,22,23,26). The van der Waals surface area contributed by atoms with E-state index in [2.05, 4.69) is 34.0 Å². The van der Waals surface area contributed by atoms with E-state index in [1.807, 2.05) is 24.3 Å². The first-order valence-corrected chi connectivity index (χ1v) is 10.1. The Morgan fingerprint density at radius 2 is 2.15 bits per heavy atom. The van der Waals surface area contributed by atoms with Crippen molar-refractivity contribution in [2.45, 2.75) is 6.61 Å². The molecule has 0 saturated carbocycles. The van der Waals surface area contributed by atoms with E-state index < -0.39 is 0 Å². The van der Waals surface area contributed by atoms with Crippen molar-refractivity contribution in [3.63, 3.8) is 0 Å². The van der Waals surface area contributed by atoms with Gasteiger partial charge in [-0.15, -0.1) is 0 Å². The maximum absolute atomic E-state index is 11.8. The smallest absolute Gasteiger partial charge is 0.263 e.